The number of aryl methyl sites for hydroxylation is 2. The predicted molar refractivity (Wildman–Crippen MR) is 74.5 cm³/mol. The van der Waals surface area contributed by atoms with Crippen molar-refractivity contribution in [1.29, 1.82) is 0 Å². The Balaban J connectivity index is 2.78. The standard InChI is InChI=1S/C14H20N2O4/c1-7-3-9(17)4-8(2)10(7)5-11(15)13(18)6-12(16)14(19)20/h3-4,11-12,17H,5-6,15-16H2,1-2H3,(H,19,20)/t11?,12-/m1/s1. The molecule has 1 aromatic carbocycles. The first-order valence-electron chi connectivity index (χ1n) is 6.28. The van der Waals surface area contributed by atoms with E-state index in [0.717, 1.165) is 16.7 Å². The molecule has 2 atom stereocenters. The van der Waals surface area contributed by atoms with Crippen molar-refractivity contribution in [3.8, 4) is 5.75 Å². The Morgan fingerprint density at radius 1 is 1.15 bits per heavy atom. The molecule has 1 aromatic rings. The molecule has 0 heterocycles. The van der Waals surface area contributed by atoms with E-state index in [4.69, 9.17) is 16.6 Å². The Hall–Kier alpha value is -1.92. The first kappa shape index (κ1) is 16.1. The first-order valence-corrected chi connectivity index (χ1v) is 6.28. The van der Waals surface area contributed by atoms with Crippen LogP contribution in [0.5, 0.6) is 5.75 Å². The molecule has 0 aliphatic carbocycles. The van der Waals surface area contributed by atoms with Gasteiger partial charge in [0.1, 0.15) is 11.8 Å². The molecule has 0 bridgehead atoms. The minimum atomic E-state index is -1.23. The Kier molecular flexibility index (Phi) is 5.24. The summed E-state index contributed by atoms with van der Waals surface area (Å²) in [7, 11) is 0. The highest BCUT2D eigenvalue weighted by molar-refractivity contribution is 5.89. The van der Waals surface area contributed by atoms with E-state index < -0.39 is 18.1 Å². The van der Waals surface area contributed by atoms with Crippen LogP contribution in [0.2, 0.25) is 0 Å². The van der Waals surface area contributed by atoms with E-state index in [2.05, 4.69) is 0 Å². The number of Topliss-reactive ketones (excluding diaryl/α,β-unsaturated/α-hetero) is 1. The molecule has 0 radical (unpaired) electrons. The number of rotatable bonds is 6. The number of carboxylic acid groups (broad SMARTS) is 1. The van der Waals surface area contributed by atoms with Gasteiger partial charge in [0.2, 0.25) is 0 Å². The van der Waals surface area contributed by atoms with Gasteiger partial charge in [0.25, 0.3) is 0 Å². The summed E-state index contributed by atoms with van der Waals surface area (Å²) in [5, 5.41) is 18.1. The average Bonchev–Trinajstić information content (AvgIpc) is 2.32. The largest absolute Gasteiger partial charge is 0.508 e. The summed E-state index contributed by atoms with van der Waals surface area (Å²) < 4.78 is 0. The third-order valence-corrected chi connectivity index (χ3v) is 3.26. The number of hydrogen-bond acceptors (Lipinski definition) is 5. The fourth-order valence-electron chi connectivity index (χ4n) is 2.08. The topological polar surface area (TPSA) is 127 Å². The smallest absolute Gasteiger partial charge is 0.320 e. The van der Waals surface area contributed by atoms with Crippen molar-refractivity contribution in [3.63, 3.8) is 0 Å². The van der Waals surface area contributed by atoms with Gasteiger partial charge >= 0.3 is 5.97 Å². The quantitative estimate of drug-likeness (QED) is 0.591. The van der Waals surface area contributed by atoms with E-state index in [9.17, 15) is 14.7 Å². The number of hydrogen-bond donors (Lipinski definition) is 4. The highest BCUT2D eigenvalue weighted by Crippen LogP contribution is 2.22. The van der Waals surface area contributed by atoms with Crippen LogP contribution in [0, 0.1) is 13.8 Å². The Morgan fingerprint density at radius 2 is 1.65 bits per heavy atom. The maximum atomic E-state index is 11.8. The van der Waals surface area contributed by atoms with Gasteiger partial charge in [0.05, 0.1) is 6.04 Å². The van der Waals surface area contributed by atoms with Gasteiger partial charge in [-0.3, -0.25) is 9.59 Å². The second-order valence-corrected chi connectivity index (χ2v) is 4.98. The molecule has 0 fully saturated rings. The number of aromatic hydroxyl groups is 1. The molecule has 1 rings (SSSR count). The summed E-state index contributed by atoms with van der Waals surface area (Å²) in [6.07, 6.45) is 0.00972. The van der Waals surface area contributed by atoms with Crippen LogP contribution < -0.4 is 11.5 Å². The maximum absolute atomic E-state index is 11.8. The molecule has 0 aromatic heterocycles. The van der Waals surface area contributed by atoms with Gasteiger partial charge in [-0.2, -0.15) is 0 Å². The van der Waals surface area contributed by atoms with Crippen LogP contribution in [0.4, 0.5) is 0 Å². The minimum Gasteiger partial charge on any atom is -0.508 e. The summed E-state index contributed by atoms with van der Waals surface area (Å²) in [4.78, 5) is 22.4. The Morgan fingerprint density at radius 3 is 2.10 bits per heavy atom. The molecule has 6 N–H and O–H groups in total. The molecule has 0 aliphatic rings. The van der Waals surface area contributed by atoms with Gasteiger partial charge in [-0.15, -0.1) is 0 Å². The molecule has 0 spiro atoms. The van der Waals surface area contributed by atoms with Crippen LogP contribution in [0.1, 0.15) is 23.1 Å². The monoisotopic (exact) mass is 280 g/mol. The molecule has 1 unspecified atom stereocenters. The molecule has 110 valence electrons. The Bertz CT molecular complexity index is 505. The zero-order chi connectivity index (χ0) is 15.4. The van der Waals surface area contributed by atoms with Gasteiger partial charge in [-0.05, 0) is 49.1 Å². The van der Waals surface area contributed by atoms with Crippen LogP contribution in [-0.2, 0) is 16.0 Å². The minimum absolute atomic E-state index is 0.163. The van der Waals surface area contributed by atoms with E-state index in [1.54, 1.807) is 12.1 Å². The lowest BCUT2D eigenvalue weighted by molar-refractivity contribution is -0.140. The number of carboxylic acids is 1. The third-order valence-electron chi connectivity index (χ3n) is 3.26. The number of nitrogens with two attached hydrogens (primary N) is 2. The average molecular weight is 280 g/mol. The molecule has 0 aliphatic heterocycles. The highest BCUT2D eigenvalue weighted by Gasteiger charge is 2.22. The van der Waals surface area contributed by atoms with Crippen molar-refractivity contribution in [2.45, 2.75) is 38.8 Å². The lowest BCUT2D eigenvalue weighted by Crippen LogP contribution is -2.40. The molecule has 6 heteroatoms. The number of phenols is 1. The van der Waals surface area contributed by atoms with Gasteiger partial charge in [0, 0.05) is 6.42 Å². The second kappa shape index (κ2) is 6.49. The third kappa shape index (κ3) is 4.04. The Labute approximate surface area is 117 Å². The molecule has 20 heavy (non-hydrogen) atoms. The zero-order valence-corrected chi connectivity index (χ0v) is 11.6. The van der Waals surface area contributed by atoms with Crippen LogP contribution in [0.3, 0.4) is 0 Å². The van der Waals surface area contributed by atoms with E-state index in [1.165, 1.54) is 0 Å². The normalized spacial score (nSPS) is 13.8. The van der Waals surface area contributed by atoms with E-state index in [-0.39, 0.29) is 18.0 Å². The SMILES string of the molecule is Cc1cc(O)cc(C)c1CC(N)C(=O)C[C@@H](N)C(=O)O. The van der Waals surface area contributed by atoms with Crippen LogP contribution in [0.15, 0.2) is 12.1 Å². The number of phenolic OH excluding ortho intramolecular Hbond substituents is 1. The molecular formula is C14H20N2O4. The molecule has 6 nitrogen and oxygen atoms in total. The molecule has 0 saturated heterocycles. The van der Waals surface area contributed by atoms with Crippen molar-refractivity contribution < 1.29 is 19.8 Å². The van der Waals surface area contributed by atoms with Gasteiger partial charge in [-0.25, -0.2) is 0 Å². The number of carbonyl (C=O) groups excluding carboxylic acids is 1. The number of benzene rings is 1. The van der Waals surface area contributed by atoms with Crippen LogP contribution in [0.25, 0.3) is 0 Å². The molecule has 0 saturated carbocycles. The first-order chi connectivity index (χ1) is 9.22. The maximum Gasteiger partial charge on any atom is 0.320 e. The number of carbonyl (C=O) groups is 2. The number of ketones is 1. The van der Waals surface area contributed by atoms with Crippen LogP contribution >= 0.6 is 0 Å². The lowest BCUT2D eigenvalue weighted by Gasteiger charge is -2.16. The zero-order valence-electron chi connectivity index (χ0n) is 11.6. The van der Waals surface area contributed by atoms with Crippen LogP contribution in [-0.4, -0.2) is 34.0 Å². The summed E-state index contributed by atoms with van der Waals surface area (Å²) in [6, 6.07) is 1.17. The van der Waals surface area contributed by atoms with Gasteiger partial charge in [-0.1, -0.05) is 0 Å². The highest BCUT2D eigenvalue weighted by atomic mass is 16.4. The summed E-state index contributed by atoms with van der Waals surface area (Å²) >= 11 is 0. The van der Waals surface area contributed by atoms with Crippen molar-refractivity contribution in [2.24, 2.45) is 11.5 Å². The summed E-state index contributed by atoms with van der Waals surface area (Å²) in [6.45, 7) is 3.64. The van der Waals surface area contributed by atoms with E-state index in [0.29, 0.717) is 6.42 Å². The second-order valence-electron chi connectivity index (χ2n) is 4.98. The van der Waals surface area contributed by atoms with E-state index in [1.807, 2.05) is 13.8 Å². The van der Waals surface area contributed by atoms with Crippen molar-refractivity contribution in [3.05, 3.63) is 28.8 Å². The van der Waals surface area contributed by atoms with Crippen molar-refractivity contribution >= 4 is 11.8 Å². The van der Waals surface area contributed by atoms with E-state index >= 15 is 0 Å². The summed E-state index contributed by atoms with van der Waals surface area (Å²) in [5.41, 5.74) is 13.7. The van der Waals surface area contributed by atoms with Gasteiger partial charge < -0.3 is 21.7 Å². The van der Waals surface area contributed by atoms with Gasteiger partial charge in [0.15, 0.2) is 5.78 Å². The predicted octanol–water partition coefficient (Wildman–Crippen LogP) is 0.250. The summed E-state index contributed by atoms with van der Waals surface area (Å²) in [5.74, 6) is -1.44. The van der Waals surface area contributed by atoms with Crippen molar-refractivity contribution in [1.82, 2.24) is 0 Å². The molecule has 0 amide bonds. The molecular weight excluding hydrogens is 260 g/mol. The number of aliphatic carboxylic acids is 1. The van der Waals surface area contributed by atoms with Crippen molar-refractivity contribution in [2.75, 3.05) is 0 Å². The lowest BCUT2D eigenvalue weighted by atomic mass is 9.93. The fourth-order valence-corrected chi connectivity index (χ4v) is 2.08. The fraction of sp³-hybridized carbons (Fsp3) is 0.429.